The molecule has 0 bridgehead atoms. The number of aliphatic hydroxyl groups excluding tert-OH is 2. The second-order valence-electron chi connectivity index (χ2n) is 15.5. The van der Waals surface area contributed by atoms with Gasteiger partial charge in [-0.05, 0) is 124 Å². The fourth-order valence-corrected chi connectivity index (χ4v) is 7.42. The van der Waals surface area contributed by atoms with Gasteiger partial charge in [0.15, 0.2) is 0 Å². The Kier molecular flexibility index (Phi) is 14.2. The Hall–Kier alpha value is -6.10. The van der Waals surface area contributed by atoms with Crippen LogP contribution in [0.25, 0.3) is 32.9 Å². The molecule has 0 aliphatic carbocycles. The van der Waals surface area contributed by atoms with Gasteiger partial charge in [0.25, 0.3) is 0 Å². The summed E-state index contributed by atoms with van der Waals surface area (Å²) < 4.78 is 17.3. The second kappa shape index (κ2) is 18.9. The summed E-state index contributed by atoms with van der Waals surface area (Å²) in [5, 5.41) is 57.0. The van der Waals surface area contributed by atoms with Crippen molar-refractivity contribution in [2.45, 2.75) is 78.7 Å². The number of fused-ring (bicyclic) bond motifs is 2. The van der Waals surface area contributed by atoms with Gasteiger partial charge in [-0.1, -0.05) is 18.2 Å². The molecule has 306 valence electrons. The highest BCUT2D eigenvalue weighted by Crippen LogP contribution is 2.38. The van der Waals surface area contributed by atoms with E-state index in [2.05, 4.69) is 43.3 Å². The van der Waals surface area contributed by atoms with Gasteiger partial charge in [0.05, 0.1) is 57.0 Å². The molecule has 0 unspecified atom stereocenters. The molecule has 0 spiro atoms. The van der Waals surface area contributed by atoms with Crippen LogP contribution >= 0.6 is 15.9 Å². The number of aromatic nitrogens is 2. The van der Waals surface area contributed by atoms with Crippen molar-refractivity contribution in [3.63, 3.8) is 0 Å². The van der Waals surface area contributed by atoms with Crippen LogP contribution in [0.3, 0.4) is 0 Å². The molecular formula is C46H48BBrN8O4. The maximum atomic E-state index is 9.50. The molecule has 1 aliphatic rings. The molecule has 3 heterocycles. The number of hydrogen-bond donors (Lipinski definition) is 4. The van der Waals surface area contributed by atoms with E-state index in [1.54, 1.807) is 24.3 Å². The number of hydrogen-bond acceptors (Lipinski definition) is 10. The van der Waals surface area contributed by atoms with E-state index in [1.807, 2.05) is 96.4 Å². The number of benzene rings is 4. The van der Waals surface area contributed by atoms with Gasteiger partial charge in [-0.25, -0.2) is 0 Å². The Morgan fingerprint density at radius 2 is 1.15 bits per heavy atom. The molecule has 0 radical (unpaired) electrons. The van der Waals surface area contributed by atoms with Crippen LogP contribution in [-0.2, 0) is 22.4 Å². The largest absolute Gasteiger partial charge is 0.497 e. The predicted octanol–water partition coefficient (Wildman–Crippen LogP) is 7.73. The minimum atomic E-state index is -0.475. The van der Waals surface area contributed by atoms with Crippen LogP contribution in [-0.4, -0.2) is 50.9 Å². The normalized spacial score (nSPS) is 13.7. The topological polar surface area (TPSA) is 216 Å². The van der Waals surface area contributed by atoms with Gasteiger partial charge in [-0.2, -0.15) is 21.0 Å². The number of nitriles is 4. The summed E-state index contributed by atoms with van der Waals surface area (Å²) in [6.45, 7) is 13.6. The molecule has 6 N–H and O–H groups in total. The van der Waals surface area contributed by atoms with Crippen molar-refractivity contribution in [1.29, 1.82) is 21.0 Å². The maximum absolute atomic E-state index is 9.50. The van der Waals surface area contributed by atoms with Crippen molar-refractivity contribution in [2.75, 3.05) is 24.7 Å². The molecule has 7 rings (SSSR count). The maximum Gasteiger partial charge on any atom is 0.497 e. The molecule has 0 atom stereocenters. The van der Waals surface area contributed by atoms with Crippen molar-refractivity contribution in [2.24, 2.45) is 0 Å². The molecular weight excluding hydrogens is 819 g/mol. The van der Waals surface area contributed by atoms with Gasteiger partial charge in [-0.3, -0.25) is 0 Å². The minimum absolute atomic E-state index is 0.103. The van der Waals surface area contributed by atoms with Gasteiger partial charge in [0.2, 0.25) is 0 Å². The zero-order chi connectivity index (χ0) is 43.9. The SMILES string of the molecule is Cc1cc2c(cc1C#N)c(-c1cccc(N)c1C#N)cn2CCCO.Cc1cc2c(cc1C#N)c(B1OC(C)(C)C(C)(C)O1)cn2CCCO.N#Cc1c(N)cccc1Br. The van der Waals surface area contributed by atoms with Crippen molar-refractivity contribution in [1.82, 2.24) is 9.13 Å². The molecule has 1 fully saturated rings. The number of rotatable bonds is 8. The lowest BCUT2D eigenvalue weighted by Crippen LogP contribution is -2.41. The molecule has 0 saturated carbocycles. The Labute approximate surface area is 359 Å². The van der Waals surface area contributed by atoms with E-state index in [0.717, 1.165) is 54.0 Å². The van der Waals surface area contributed by atoms with E-state index in [0.29, 0.717) is 59.6 Å². The monoisotopic (exact) mass is 866 g/mol. The van der Waals surface area contributed by atoms with Gasteiger partial charge >= 0.3 is 7.12 Å². The average Bonchev–Trinajstić information content (AvgIpc) is 3.82. The fraction of sp³-hybridized carbons (Fsp3) is 0.304. The fourth-order valence-electron chi connectivity index (χ4n) is 6.95. The van der Waals surface area contributed by atoms with E-state index in [1.165, 1.54) is 0 Å². The highest BCUT2D eigenvalue weighted by molar-refractivity contribution is 9.10. The van der Waals surface area contributed by atoms with Gasteiger partial charge in [0, 0.05) is 81.6 Å². The van der Waals surface area contributed by atoms with Crippen LogP contribution in [0.1, 0.15) is 73.9 Å². The van der Waals surface area contributed by atoms with Crippen molar-refractivity contribution >= 4 is 61.7 Å². The molecule has 1 saturated heterocycles. The van der Waals surface area contributed by atoms with E-state index in [-0.39, 0.29) is 13.2 Å². The summed E-state index contributed by atoms with van der Waals surface area (Å²) in [5.74, 6) is 0. The third-order valence-electron chi connectivity index (χ3n) is 11.0. The smallest absolute Gasteiger partial charge is 0.399 e. The zero-order valence-electron chi connectivity index (χ0n) is 34.7. The Morgan fingerprint density at radius 1 is 0.667 bits per heavy atom. The number of halogens is 1. The quantitative estimate of drug-likeness (QED) is 0.0862. The van der Waals surface area contributed by atoms with E-state index >= 15 is 0 Å². The number of nitrogen functional groups attached to an aromatic ring is 2. The van der Waals surface area contributed by atoms with Crippen molar-refractivity contribution in [3.8, 4) is 35.4 Å². The zero-order valence-corrected chi connectivity index (χ0v) is 36.3. The molecule has 4 aromatic carbocycles. The van der Waals surface area contributed by atoms with Crippen LogP contribution < -0.4 is 16.9 Å². The van der Waals surface area contributed by atoms with Crippen LogP contribution in [0.2, 0.25) is 0 Å². The molecule has 14 heteroatoms. The Morgan fingerprint density at radius 3 is 1.63 bits per heavy atom. The van der Waals surface area contributed by atoms with Crippen LogP contribution in [0.4, 0.5) is 11.4 Å². The molecule has 1 aliphatic heterocycles. The standard InChI is InChI=1S/C20H18N4O.C19H25BN2O3.C7H5BrN2/c1-13-8-20-16(9-14(13)10-21)18(12-24(20)6-3-7-25)15-4-2-5-19(23)17(15)11-22;1-13-9-17-15(10-14(13)11-21)16(12-22(17)7-6-8-23)20-24-18(2,3)19(4,5)25-20;8-6-2-1-3-7(10)5(6)4-9/h2,4-5,8-9,12,25H,3,6-7,23H2,1H3;9-10,12,23H,6-8H2,1-5H3;1-3H,10H2. The predicted molar refractivity (Wildman–Crippen MR) is 240 cm³/mol. The van der Waals surface area contributed by atoms with Crippen LogP contribution in [0, 0.1) is 59.2 Å². The first-order valence-electron chi connectivity index (χ1n) is 19.4. The highest BCUT2D eigenvalue weighted by atomic mass is 79.9. The van der Waals surface area contributed by atoms with Crippen LogP contribution in [0.5, 0.6) is 0 Å². The molecule has 6 aromatic rings. The summed E-state index contributed by atoms with van der Waals surface area (Å²) in [7, 11) is -0.475. The van der Waals surface area contributed by atoms with Crippen molar-refractivity contribution < 1.29 is 19.5 Å². The first kappa shape index (κ1) is 45.0. The number of aliphatic hydroxyl groups is 2. The first-order chi connectivity index (χ1) is 28.6. The summed E-state index contributed by atoms with van der Waals surface area (Å²) in [5.41, 5.74) is 20.2. The summed E-state index contributed by atoms with van der Waals surface area (Å²) >= 11 is 3.20. The number of nitrogens with zero attached hydrogens (tertiary/aromatic N) is 6. The lowest BCUT2D eigenvalue weighted by Gasteiger charge is -2.32. The van der Waals surface area contributed by atoms with Gasteiger partial charge in [0.1, 0.15) is 12.1 Å². The highest BCUT2D eigenvalue weighted by Gasteiger charge is 2.52. The van der Waals surface area contributed by atoms with E-state index in [9.17, 15) is 20.9 Å². The molecule has 2 aromatic heterocycles. The lowest BCUT2D eigenvalue weighted by atomic mass is 9.78. The van der Waals surface area contributed by atoms with Gasteiger partial charge in [-0.15, -0.1) is 0 Å². The van der Waals surface area contributed by atoms with Gasteiger partial charge < -0.3 is 40.1 Å². The first-order valence-corrected chi connectivity index (χ1v) is 20.2. The summed E-state index contributed by atoms with van der Waals surface area (Å²) in [6.07, 6.45) is 5.30. The summed E-state index contributed by atoms with van der Waals surface area (Å²) in [4.78, 5) is 0. The van der Waals surface area contributed by atoms with Crippen LogP contribution in [0.15, 0.2) is 77.5 Å². The number of anilines is 2. The summed E-state index contributed by atoms with van der Waals surface area (Å²) in [6, 6.07) is 27.1. The van der Waals surface area contributed by atoms with E-state index in [4.69, 9.17) is 31.1 Å². The molecule has 60 heavy (non-hydrogen) atoms. The minimum Gasteiger partial charge on any atom is -0.399 e. The Balaban J connectivity index is 0.000000186. The number of nitrogens with two attached hydrogens (primary N) is 2. The molecule has 0 amide bonds. The average molecular weight is 868 g/mol. The second-order valence-corrected chi connectivity index (χ2v) is 16.4. The van der Waals surface area contributed by atoms with E-state index < -0.39 is 18.3 Å². The lowest BCUT2D eigenvalue weighted by molar-refractivity contribution is 0.00578. The Bertz CT molecular complexity index is 2690. The number of aryl methyl sites for hydroxylation is 4. The molecule has 12 nitrogen and oxygen atoms in total. The van der Waals surface area contributed by atoms with Crippen molar-refractivity contribution in [3.05, 3.63) is 111 Å². The third-order valence-corrected chi connectivity index (χ3v) is 11.7. The third kappa shape index (κ3) is 9.20.